The topological polar surface area (TPSA) is 38.7 Å². The number of benzene rings is 2. The summed E-state index contributed by atoms with van der Waals surface area (Å²) in [5, 5.41) is 9.37. The van der Waals surface area contributed by atoms with Crippen LogP contribution < -0.4 is 9.47 Å². The lowest BCUT2D eigenvalue weighted by Gasteiger charge is -2.12. The number of aliphatic hydroxyl groups excluding tert-OH is 1. The number of para-hydroxylation sites is 1. The van der Waals surface area contributed by atoms with Gasteiger partial charge < -0.3 is 14.6 Å². The molecule has 0 fully saturated rings. The first-order valence-electron chi connectivity index (χ1n) is 7.34. The predicted octanol–water partition coefficient (Wildman–Crippen LogP) is 3.16. The Morgan fingerprint density at radius 1 is 1.19 bits per heavy atom. The Balaban J connectivity index is 1.59. The average Bonchev–Trinajstić information content (AvgIpc) is 2.89. The zero-order chi connectivity index (χ0) is 14.7. The van der Waals surface area contributed by atoms with Crippen LogP contribution in [0.2, 0.25) is 0 Å². The van der Waals surface area contributed by atoms with E-state index in [4.69, 9.17) is 9.47 Å². The Labute approximate surface area is 125 Å². The normalized spacial score (nSPS) is 17.9. The highest BCUT2D eigenvalue weighted by Crippen LogP contribution is 2.33. The first-order chi connectivity index (χ1) is 10.2. The highest BCUT2D eigenvalue weighted by molar-refractivity contribution is 5.39. The van der Waals surface area contributed by atoms with Crippen LogP contribution >= 0.6 is 0 Å². The quantitative estimate of drug-likeness (QED) is 0.916. The van der Waals surface area contributed by atoms with E-state index in [2.05, 4.69) is 6.07 Å². The molecule has 0 saturated heterocycles. The van der Waals surface area contributed by atoms with E-state index in [1.807, 2.05) is 42.5 Å². The lowest BCUT2D eigenvalue weighted by Crippen LogP contribution is -2.11. The van der Waals surface area contributed by atoms with E-state index in [1.165, 1.54) is 5.56 Å². The van der Waals surface area contributed by atoms with Crippen molar-refractivity contribution >= 4 is 0 Å². The highest BCUT2D eigenvalue weighted by Gasteiger charge is 2.24. The summed E-state index contributed by atoms with van der Waals surface area (Å²) in [6.07, 6.45) is 0.355. The van der Waals surface area contributed by atoms with Crippen molar-refractivity contribution in [3.05, 3.63) is 59.7 Å². The zero-order valence-electron chi connectivity index (χ0n) is 12.2. The van der Waals surface area contributed by atoms with Crippen LogP contribution in [0.4, 0.5) is 0 Å². The summed E-state index contributed by atoms with van der Waals surface area (Å²) in [6.45, 7) is 3.09. The molecule has 0 spiro atoms. The van der Waals surface area contributed by atoms with E-state index < -0.39 is 0 Å². The fraction of sp³-hybridized carbons (Fsp3) is 0.333. The van der Waals surface area contributed by atoms with Gasteiger partial charge in [-0.05, 0) is 37.1 Å². The van der Waals surface area contributed by atoms with Crippen molar-refractivity contribution in [1.82, 2.24) is 0 Å². The lowest BCUT2D eigenvalue weighted by molar-refractivity contribution is 0.195. The molecule has 3 nitrogen and oxygen atoms in total. The van der Waals surface area contributed by atoms with Gasteiger partial charge in [0.2, 0.25) is 0 Å². The maximum atomic E-state index is 9.37. The van der Waals surface area contributed by atoms with Crippen molar-refractivity contribution in [1.29, 1.82) is 0 Å². The average molecular weight is 284 g/mol. The first-order valence-corrected chi connectivity index (χ1v) is 7.34. The van der Waals surface area contributed by atoms with Crippen molar-refractivity contribution in [2.24, 2.45) is 0 Å². The van der Waals surface area contributed by atoms with E-state index in [0.717, 1.165) is 17.1 Å². The van der Waals surface area contributed by atoms with Crippen LogP contribution in [0, 0.1) is 0 Å². The maximum Gasteiger partial charge on any atom is 0.123 e. The molecule has 3 heteroatoms. The third-order valence-electron chi connectivity index (χ3n) is 3.70. The second-order valence-electron chi connectivity index (χ2n) is 5.55. The summed E-state index contributed by atoms with van der Waals surface area (Å²) in [4.78, 5) is 0. The van der Waals surface area contributed by atoms with Gasteiger partial charge in [-0.1, -0.05) is 30.3 Å². The number of fused-ring (bicyclic) bond motifs is 1. The van der Waals surface area contributed by atoms with Crippen LogP contribution in [0.25, 0.3) is 0 Å². The van der Waals surface area contributed by atoms with Gasteiger partial charge in [-0.25, -0.2) is 0 Å². The predicted molar refractivity (Wildman–Crippen MR) is 82.0 cm³/mol. The molecule has 0 bridgehead atoms. The van der Waals surface area contributed by atoms with E-state index in [-0.39, 0.29) is 6.10 Å². The van der Waals surface area contributed by atoms with Gasteiger partial charge in [-0.2, -0.15) is 0 Å². The Bertz CT molecular complexity index is 590. The molecule has 0 amide bonds. The van der Waals surface area contributed by atoms with Crippen LogP contribution in [0.5, 0.6) is 11.5 Å². The number of ether oxygens (including phenoxy) is 2. The minimum atomic E-state index is -0.316. The molecular formula is C18H20O3. The van der Waals surface area contributed by atoms with Crippen molar-refractivity contribution in [3.63, 3.8) is 0 Å². The molecule has 0 radical (unpaired) electrons. The summed E-state index contributed by atoms with van der Waals surface area (Å²) < 4.78 is 11.5. The van der Waals surface area contributed by atoms with Gasteiger partial charge in [0, 0.05) is 5.56 Å². The summed E-state index contributed by atoms with van der Waals surface area (Å²) in [7, 11) is 0. The van der Waals surface area contributed by atoms with Crippen molar-refractivity contribution in [3.8, 4) is 11.5 Å². The minimum absolute atomic E-state index is 0.290. The van der Waals surface area contributed by atoms with Gasteiger partial charge in [-0.15, -0.1) is 0 Å². The Morgan fingerprint density at radius 2 is 1.95 bits per heavy atom. The summed E-state index contributed by atoms with van der Waals surface area (Å²) in [6, 6.07) is 16.0. The second-order valence-corrected chi connectivity index (χ2v) is 5.55. The molecule has 1 aliphatic rings. The van der Waals surface area contributed by atoms with E-state index in [0.29, 0.717) is 25.6 Å². The van der Waals surface area contributed by atoms with Crippen LogP contribution in [0.1, 0.15) is 24.0 Å². The SMILES string of the molecule is CC(O)Cc1ccc(OCC2COc3ccccc32)cc1. The van der Waals surface area contributed by atoms with Crippen molar-refractivity contribution < 1.29 is 14.6 Å². The van der Waals surface area contributed by atoms with Gasteiger partial charge in [0.25, 0.3) is 0 Å². The fourth-order valence-corrected chi connectivity index (χ4v) is 2.63. The third kappa shape index (κ3) is 3.37. The Morgan fingerprint density at radius 3 is 2.71 bits per heavy atom. The minimum Gasteiger partial charge on any atom is -0.493 e. The molecule has 2 aromatic rings. The smallest absolute Gasteiger partial charge is 0.123 e. The van der Waals surface area contributed by atoms with Gasteiger partial charge >= 0.3 is 0 Å². The van der Waals surface area contributed by atoms with Crippen LogP contribution in [-0.2, 0) is 6.42 Å². The van der Waals surface area contributed by atoms with E-state index in [9.17, 15) is 5.11 Å². The molecule has 21 heavy (non-hydrogen) atoms. The van der Waals surface area contributed by atoms with Crippen molar-refractivity contribution in [2.45, 2.75) is 25.4 Å². The van der Waals surface area contributed by atoms with E-state index >= 15 is 0 Å². The highest BCUT2D eigenvalue weighted by atomic mass is 16.5. The van der Waals surface area contributed by atoms with Gasteiger partial charge in [0.1, 0.15) is 11.5 Å². The van der Waals surface area contributed by atoms with Crippen LogP contribution in [-0.4, -0.2) is 24.4 Å². The third-order valence-corrected chi connectivity index (χ3v) is 3.70. The molecular weight excluding hydrogens is 264 g/mol. The van der Waals surface area contributed by atoms with Gasteiger partial charge in [-0.3, -0.25) is 0 Å². The van der Waals surface area contributed by atoms with Crippen molar-refractivity contribution in [2.75, 3.05) is 13.2 Å². The fourth-order valence-electron chi connectivity index (χ4n) is 2.63. The number of aliphatic hydroxyl groups is 1. The largest absolute Gasteiger partial charge is 0.493 e. The molecule has 3 rings (SSSR count). The molecule has 0 saturated carbocycles. The molecule has 2 aromatic carbocycles. The molecule has 1 aliphatic heterocycles. The molecule has 110 valence electrons. The second kappa shape index (κ2) is 6.19. The molecule has 1 N–H and O–H groups in total. The van der Waals surface area contributed by atoms with Gasteiger partial charge in [0.15, 0.2) is 0 Å². The number of hydrogen-bond donors (Lipinski definition) is 1. The first kappa shape index (κ1) is 14.0. The Kier molecular flexibility index (Phi) is 4.11. The zero-order valence-corrected chi connectivity index (χ0v) is 12.2. The summed E-state index contributed by atoms with van der Waals surface area (Å²) in [5.41, 5.74) is 2.34. The molecule has 0 aromatic heterocycles. The molecule has 2 atom stereocenters. The molecule has 0 aliphatic carbocycles. The summed E-state index contributed by atoms with van der Waals surface area (Å²) >= 11 is 0. The Hall–Kier alpha value is -2.00. The maximum absolute atomic E-state index is 9.37. The number of rotatable bonds is 5. The monoisotopic (exact) mass is 284 g/mol. The molecule has 1 heterocycles. The van der Waals surface area contributed by atoms with Crippen LogP contribution in [0.15, 0.2) is 48.5 Å². The lowest BCUT2D eigenvalue weighted by atomic mass is 10.0. The standard InChI is InChI=1S/C18H20O3/c1-13(19)10-14-6-8-16(9-7-14)20-11-15-12-21-18-5-3-2-4-17(15)18/h2-9,13,15,19H,10-12H2,1H3. The summed E-state index contributed by atoms with van der Waals surface area (Å²) in [5.74, 6) is 2.12. The van der Waals surface area contributed by atoms with Gasteiger partial charge in [0.05, 0.1) is 25.2 Å². The molecule has 2 unspecified atom stereocenters. The van der Waals surface area contributed by atoms with Crippen LogP contribution in [0.3, 0.4) is 0 Å². The number of hydrogen-bond acceptors (Lipinski definition) is 3. The van der Waals surface area contributed by atoms with E-state index in [1.54, 1.807) is 6.92 Å².